The number of amides is 1. The van der Waals surface area contributed by atoms with E-state index in [0.717, 1.165) is 17.2 Å². The van der Waals surface area contributed by atoms with Crippen LogP contribution in [-0.4, -0.2) is 39.1 Å². The van der Waals surface area contributed by atoms with E-state index in [1.807, 2.05) is 0 Å². The minimum Gasteiger partial charge on any atom is -0.330 e. The highest BCUT2D eigenvalue weighted by Gasteiger charge is 2.30. The average Bonchev–Trinajstić information content (AvgIpc) is 3.17. The monoisotopic (exact) mass is 394 g/mol. The average molecular weight is 395 g/mol. The van der Waals surface area contributed by atoms with Gasteiger partial charge in [0.1, 0.15) is 5.82 Å². The second-order valence-electron chi connectivity index (χ2n) is 6.62. The van der Waals surface area contributed by atoms with E-state index >= 15 is 0 Å². The van der Waals surface area contributed by atoms with Crippen LogP contribution < -0.4 is 16.6 Å². The van der Waals surface area contributed by atoms with Crippen LogP contribution in [-0.2, 0) is 20.6 Å². The van der Waals surface area contributed by atoms with Gasteiger partial charge in [-0.25, -0.2) is 9.18 Å². The first-order valence-corrected chi connectivity index (χ1v) is 8.89. The van der Waals surface area contributed by atoms with E-state index in [4.69, 9.17) is 11.6 Å². The van der Waals surface area contributed by atoms with Gasteiger partial charge in [-0.05, 0) is 31.2 Å². The Balaban J connectivity index is 2.03. The Morgan fingerprint density at radius 1 is 1.37 bits per heavy atom. The highest BCUT2D eigenvalue weighted by Crippen LogP contribution is 2.21. The largest absolute Gasteiger partial charge is 0.330 e. The third-order valence-electron chi connectivity index (χ3n) is 4.75. The summed E-state index contributed by atoms with van der Waals surface area (Å²) in [6.07, 6.45) is 2.10. The Morgan fingerprint density at radius 3 is 2.78 bits per heavy atom. The third-order valence-corrected chi connectivity index (χ3v) is 4.99. The third kappa shape index (κ3) is 3.81. The van der Waals surface area contributed by atoms with Gasteiger partial charge >= 0.3 is 5.69 Å². The number of aromatic nitrogens is 2. The number of hydrogen-bond acceptors (Lipinski definition) is 4. The van der Waals surface area contributed by atoms with Gasteiger partial charge in [-0.1, -0.05) is 11.6 Å². The summed E-state index contributed by atoms with van der Waals surface area (Å²) in [5.41, 5.74) is -0.795. The molecule has 2 aromatic rings. The molecule has 7 nitrogen and oxygen atoms in total. The molecule has 27 heavy (non-hydrogen) atoms. The van der Waals surface area contributed by atoms with Crippen molar-refractivity contribution in [3.63, 3.8) is 0 Å². The van der Waals surface area contributed by atoms with Crippen molar-refractivity contribution in [1.82, 2.24) is 19.4 Å². The van der Waals surface area contributed by atoms with Gasteiger partial charge in [0.2, 0.25) is 0 Å². The molecule has 1 amide bonds. The predicted molar refractivity (Wildman–Crippen MR) is 99.5 cm³/mol. The highest BCUT2D eigenvalue weighted by atomic mass is 35.5. The lowest BCUT2D eigenvalue weighted by Crippen LogP contribution is -2.45. The number of nitrogens with one attached hydrogen (secondary N) is 1. The van der Waals surface area contributed by atoms with Crippen LogP contribution in [0, 0.1) is 5.82 Å². The van der Waals surface area contributed by atoms with Crippen molar-refractivity contribution >= 4 is 17.5 Å². The van der Waals surface area contributed by atoms with Crippen molar-refractivity contribution in [2.75, 3.05) is 13.1 Å². The van der Waals surface area contributed by atoms with Crippen LogP contribution in [0.15, 0.2) is 34.0 Å². The molecule has 0 radical (unpaired) electrons. The van der Waals surface area contributed by atoms with E-state index in [0.29, 0.717) is 13.0 Å². The van der Waals surface area contributed by atoms with Gasteiger partial charge in [0.25, 0.3) is 11.5 Å². The van der Waals surface area contributed by atoms with Crippen LogP contribution in [0.3, 0.4) is 0 Å². The van der Waals surface area contributed by atoms with Crippen LogP contribution in [0.5, 0.6) is 0 Å². The molecule has 1 aliphatic rings. The fraction of sp³-hybridized carbons (Fsp3) is 0.389. The van der Waals surface area contributed by atoms with E-state index in [2.05, 4.69) is 5.32 Å². The lowest BCUT2D eigenvalue weighted by molar-refractivity contribution is 0.0669. The molecule has 2 heterocycles. The molecule has 0 aliphatic carbocycles. The van der Waals surface area contributed by atoms with Crippen LogP contribution in [0.2, 0.25) is 5.02 Å². The Bertz CT molecular complexity index is 995. The van der Waals surface area contributed by atoms with Crippen molar-refractivity contribution in [3.05, 3.63) is 67.2 Å². The lowest BCUT2D eigenvalue weighted by atomic mass is 10.1. The van der Waals surface area contributed by atoms with Gasteiger partial charge in [0.05, 0.1) is 17.7 Å². The van der Waals surface area contributed by atoms with E-state index in [-0.39, 0.29) is 28.7 Å². The standard InChI is InChI=1S/C18H20ClFN4O3/c1-22-9-11(16(25)23(2)18(22)27)10-24(13-5-6-21-8-13)17(26)14-7-12(19)3-4-15(14)20/h3-4,7,9,13,21H,5-6,8,10H2,1-2H3/t13-/m1/s1. The van der Waals surface area contributed by atoms with E-state index in [1.54, 1.807) is 0 Å². The van der Waals surface area contributed by atoms with Gasteiger partial charge in [-0.15, -0.1) is 0 Å². The molecule has 1 aliphatic heterocycles. The first-order chi connectivity index (χ1) is 12.8. The minimum absolute atomic E-state index is 0.0298. The molecular formula is C18H20ClFN4O3. The number of carbonyl (C=O) groups is 1. The number of halogens is 2. The lowest BCUT2D eigenvalue weighted by Gasteiger charge is -2.29. The normalized spacial score (nSPS) is 16.5. The quantitative estimate of drug-likeness (QED) is 0.835. The van der Waals surface area contributed by atoms with Gasteiger partial charge in [0.15, 0.2) is 0 Å². The summed E-state index contributed by atoms with van der Waals surface area (Å²) in [5.74, 6) is -1.21. The molecule has 9 heteroatoms. The maximum atomic E-state index is 14.2. The molecular weight excluding hydrogens is 375 g/mol. The Labute approximate surface area is 160 Å². The first-order valence-electron chi connectivity index (χ1n) is 8.52. The number of benzene rings is 1. The maximum absolute atomic E-state index is 14.2. The summed E-state index contributed by atoms with van der Waals surface area (Å²) in [7, 11) is 2.92. The summed E-state index contributed by atoms with van der Waals surface area (Å²) in [6.45, 7) is 1.23. The topological polar surface area (TPSA) is 76.3 Å². The molecule has 1 N–H and O–H groups in total. The molecule has 1 aromatic heterocycles. The number of nitrogens with zero attached hydrogens (tertiary/aromatic N) is 3. The van der Waals surface area contributed by atoms with Gasteiger partial charge in [0, 0.05) is 37.9 Å². The zero-order valence-electron chi connectivity index (χ0n) is 15.0. The summed E-state index contributed by atoms with van der Waals surface area (Å²) in [4.78, 5) is 38.9. The summed E-state index contributed by atoms with van der Waals surface area (Å²) < 4.78 is 16.5. The van der Waals surface area contributed by atoms with Crippen LogP contribution in [0.4, 0.5) is 4.39 Å². The Hall–Kier alpha value is -2.45. The SMILES string of the molecule is Cn1cc(CN(C(=O)c2cc(Cl)ccc2F)[C@@H]2CCNC2)c(=O)n(C)c1=O. The number of aryl methyl sites for hydroxylation is 1. The van der Waals surface area contributed by atoms with Crippen molar-refractivity contribution in [1.29, 1.82) is 0 Å². The van der Waals surface area contributed by atoms with Crippen LogP contribution >= 0.6 is 11.6 Å². The van der Waals surface area contributed by atoms with Crippen molar-refractivity contribution < 1.29 is 9.18 Å². The smallest absolute Gasteiger partial charge is 0.330 e. The van der Waals surface area contributed by atoms with Crippen molar-refractivity contribution in [2.24, 2.45) is 14.1 Å². The van der Waals surface area contributed by atoms with Gasteiger partial charge in [-0.3, -0.25) is 14.2 Å². The number of hydrogen-bond donors (Lipinski definition) is 1. The Kier molecular flexibility index (Phi) is 5.48. The molecule has 3 rings (SSSR count). The molecule has 1 atom stereocenters. The maximum Gasteiger partial charge on any atom is 0.330 e. The van der Waals surface area contributed by atoms with E-state index in [9.17, 15) is 18.8 Å². The number of carbonyl (C=O) groups excluding carboxylic acids is 1. The van der Waals surface area contributed by atoms with Crippen molar-refractivity contribution in [3.8, 4) is 0 Å². The molecule has 0 saturated carbocycles. The summed E-state index contributed by atoms with van der Waals surface area (Å²) in [5, 5.41) is 3.42. The molecule has 1 aromatic carbocycles. The fourth-order valence-corrected chi connectivity index (χ4v) is 3.44. The second kappa shape index (κ2) is 7.66. The van der Waals surface area contributed by atoms with Gasteiger partial charge < -0.3 is 14.8 Å². The van der Waals surface area contributed by atoms with Gasteiger partial charge in [-0.2, -0.15) is 0 Å². The summed E-state index contributed by atoms with van der Waals surface area (Å²) in [6, 6.07) is 3.61. The molecule has 144 valence electrons. The fourth-order valence-electron chi connectivity index (χ4n) is 3.26. The summed E-state index contributed by atoms with van der Waals surface area (Å²) >= 11 is 5.93. The molecule has 0 unspecified atom stereocenters. The minimum atomic E-state index is -0.672. The molecule has 1 saturated heterocycles. The molecule has 0 bridgehead atoms. The predicted octanol–water partition coefficient (Wildman–Crippen LogP) is 0.881. The van der Waals surface area contributed by atoms with Crippen LogP contribution in [0.25, 0.3) is 0 Å². The first kappa shape index (κ1) is 19.3. The zero-order valence-corrected chi connectivity index (χ0v) is 15.8. The Morgan fingerprint density at radius 2 is 2.11 bits per heavy atom. The molecule has 1 fully saturated rings. The van der Waals surface area contributed by atoms with E-state index in [1.165, 1.54) is 41.9 Å². The number of rotatable bonds is 4. The second-order valence-corrected chi connectivity index (χ2v) is 7.05. The van der Waals surface area contributed by atoms with E-state index < -0.39 is 23.0 Å². The van der Waals surface area contributed by atoms with Crippen molar-refractivity contribution in [2.45, 2.75) is 19.0 Å². The molecule has 0 spiro atoms. The highest BCUT2D eigenvalue weighted by molar-refractivity contribution is 6.31. The van der Waals surface area contributed by atoms with Crippen LogP contribution in [0.1, 0.15) is 22.3 Å². The zero-order chi connectivity index (χ0) is 19.7.